The maximum Gasteiger partial charge on any atom is 0.312 e. The van der Waals surface area contributed by atoms with Crippen LogP contribution in [0.1, 0.15) is 67.2 Å². The van der Waals surface area contributed by atoms with E-state index in [2.05, 4.69) is 18.9 Å². The summed E-state index contributed by atoms with van der Waals surface area (Å²) in [5, 5.41) is 0. The molecule has 0 aromatic heterocycles. The van der Waals surface area contributed by atoms with Crippen molar-refractivity contribution in [1.29, 1.82) is 0 Å². The maximum atomic E-state index is 12.4. The molecule has 0 aromatic rings. The molecule has 1 heterocycles. The maximum absolute atomic E-state index is 12.4. The monoisotopic (exact) mass is 283 g/mol. The van der Waals surface area contributed by atoms with Crippen molar-refractivity contribution in [1.82, 2.24) is 4.90 Å². The van der Waals surface area contributed by atoms with Gasteiger partial charge in [-0.25, -0.2) is 0 Å². The third kappa shape index (κ3) is 4.47. The lowest BCUT2D eigenvalue weighted by atomic mass is 9.75. The van der Waals surface area contributed by atoms with Gasteiger partial charge in [0.15, 0.2) is 0 Å². The van der Waals surface area contributed by atoms with Gasteiger partial charge in [0.05, 0.1) is 5.41 Å². The lowest BCUT2D eigenvalue weighted by Crippen LogP contribution is -2.49. The summed E-state index contributed by atoms with van der Waals surface area (Å²) < 4.78 is 5.61. The second-order valence-electron chi connectivity index (χ2n) is 7.40. The fraction of sp³-hybridized carbons (Fsp3) is 0.941. The molecular weight excluding hydrogens is 250 g/mol. The van der Waals surface area contributed by atoms with Crippen molar-refractivity contribution in [3.63, 3.8) is 0 Å². The molecular formula is C17H33NO2. The number of rotatable bonds is 2. The molecule has 118 valence electrons. The van der Waals surface area contributed by atoms with Crippen LogP contribution in [-0.4, -0.2) is 36.1 Å². The molecule has 2 atom stereocenters. The fourth-order valence-corrected chi connectivity index (χ4v) is 2.90. The first-order valence-corrected chi connectivity index (χ1v) is 8.15. The first-order chi connectivity index (χ1) is 9.21. The van der Waals surface area contributed by atoms with E-state index in [1.807, 2.05) is 34.6 Å². The van der Waals surface area contributed by atoms with Crippen LogP contribution in [0.5, 0.6) is 0 Å². The molecule has 2 unspecified atom stereocenters. The van der Waals surface area contributed by atoms with E-state index >= 15 is 0 Å². The van der Waals surface area contributed by atoms with Crippen LogP contribution < -0.4 is 0 Å². The van der Waals surface area contributed by atoms with Gasteiger partial charge in [-0.3, -0.25) is 4.79 Å². The first kappa shape index (κ1) is 17.5. The van der Waals surface area contributed by atoms with E-state index in [1.165, 1.54) is 12.8 Å². The van der Waals surface area contributed by atoms with Crippen LogP contribution in [0.25, 0.3) is 0 Å². The van der Waals surface area contributed by atoms with Gasteiger partial charge < -0.3 is 9.64 Å². The zero-order valence-electron chi connectivity index (χ0n) is 14.5. The molecule has 1 saturated heterocycles. The van der Waals surface area contributed by atoms with Crippen molar-refractivity contribution in [2.45, 2.75) is 78.9 Å². The number of hydrogen-bond acceptors (Lipinski definition) is 3. The van der Waals surface area contributed by atoms with Crippen LogP contribution in [0.2, 0.25) is 0 Å². The summed E-state index contributed by atoms with van der Waals surface area (Å²) >= 11 is 0. The average Bonchev–Trinajstić information content (AvgIpc) is 3.17. The Morgan fingerprint density at radius 1 is 1.25 bits per heavy atom. The minimum Gasteiger partial charge on any atom is -0.460 e. The highest BCUT2D eigenvalue weighted by molar-refractivity contribution is 5.77. The van der Waals surface area contributed by atoms with Crippen molar-refractivity contribution in [2.75, 3.05) is 13.6 Å². The minimum atomic E-state index is -0.376. The van der Waals surface area contributed by atoms with Crippen molar-refractivity contribution >= 4 is 5.97 Å². The van der Waals surface area contributed by atoms with Crippen molar-refractivity contribution < 1.29 is 9.53 Å². The van der Waals surface area contributed by atoms with E-state index in [0.29, 0.717) is 6.04 Å². The zero-order valence-corrected chi connectivity index (χ0v) is 14.5. The summed E-state index contributed by atoms with van der Waals surface area (Å²) in [6.45, 7) is 12.9. The number of carbonyl (C=O) groups excluding carboxylic acids is 1. The van der Waals surface area contributed by atoms with Crippen LogP contribution in [0.15, 0.2) is 0 Å². The summed E-state index contributed by atoms with van der Waals surface area (Å²) in [6, 6.07) is 0.580. The van der Waals surface area contributed by atoms with Gasteiger partial charge in [-0.1, -0.05) is 13.8 Å². The third-order valence-electron chi connectivity index (χ3n) is 4.30. The quantitative estimate of drug-likeness (QED) is 0.721. The number of carbonyl (C=O) groups is 1. The van der Waals surface area contributed by atoms with Gasteiger partial charge >= 0.3 is 5.97 Å². The summed E-state index contributed by atoms with van der Waals surface area (Å²) in [5.41, 5.74) is -0.661. The second-order valence-corrected chi connectivity index (χ2v) is 7.40. The normalized spacial score (nSPS) is 31.2. The largest absolute Gasteiger partial charge is 0.460 e. The number of esters is 1. The average molecular weight is 283 g/mol. The Morgan fingerprint density at radius 2 is 1.80 bits per heavy atom. The molecule has 0 amide bonds. The van der Waals surface area contributed by atoms with Gasteiger partial charge in [-0.2, -0.15) is 0 Å². The van der Waals surface area contributed by atoms with E-state index in [9.17, 15) is 4.79 Å². The molecule has 2 rings (SSSR count). The number of ether oxygens (including phenoxy) is 1. The van der Waals surface area contributed by atoms with Gasteiger partial charge in [-0.05, 0) is 72.9 Å². The van der Waals surface area contributed by atoms with Crippen molar-refractivity contribution in [3.05, 3.63) is 0 Å². The molecule has 0 N–H and O–H groups in total. The van der Waals surface area contributed by atoms with Gasteiger partial charge in [0.1, 0.15) is 5.60 Å². The number of piperidine rings is 1. The lowest BCUT2D eigenvalue weighted by molar-refractivity contribution is -0.170. The highest BCUT2D eigenvalue weighted by Crippen LogP contribution is 2.45. The molecule has 1 aliphatic carbocycles. The van der Waals surface area contributed by atoms with E-state index in [-0.39, 0.29) is 17.0 Å². The number of hydrogen-bond donors (Lipinski definition) is 0. The predicted molar refractivity (Wildman–Crippen MR) is 83.7 cm³/mol. The number of likely N-dealkylation sites (tertiary alicyclic amines) is 1. The summed E-state index contributed by atoms with van der Waals surface area (Å²) in [6.07, 6.45) is 4.55. The minimum absolute atomic E-state index is 0.00579. The van der Waals surface area contributed by atoms with E-state index in [0.717, 1.165) is 25.3 Å². The van der Waals surface area contributed by atoms with Crippen molar-refractivity contribution in [2.24, 2.45) is 11.3 Å². The predicted octanol–water partition coefficient (Wildman–Crippen LogP) is 3.86. The molecule has 0 aromatic carbocycles. The second kappa shape index (κ2) is 6.46. The molecule has 0 bridgehead atoms. The molecule has 3 heteroatoms. The molecule has 3 nitrogen and oxygen atoms in total. The van der Waals surface area contributed by atoms with Crippen LogP contribution in [-0.2, 0) is 9.53 Å². The Labute approximate surface area is 125 Å². The standard InChI is InChI=1S/C15H27NO2.C2H6/c1-14(2,3)18-13(17)15(4)8-9-16(5)12(10-15)11-6-7-11;1-2/h11-12H,6-10H2,1-5H3;1-2H3. The topological polar surface area (TPSA) is 29.5 Å². The smallest absolute Gasteiger partial charge is 0.312 e. The Morgan fingerprint density at radius 3 is 2.25 bits per heavy atom. The Balaban J connectivity index is 0.000000956. The van der Waals surface area contributed by atoms with Gasteiger partial charge in [0.2, 0.25) is 0 Å². The van der Waals surface area contributed by atoms with E-state index in [4.69, 9.17) is 4.74 Å². The Hall–Kier alpha value is -0.570. The molecule has 0 radical (unpaired) electrons. The van der Waals surface area contributed by atoms with Crippen LogP contribution >= 0.6 is 0 Å². The Kier molecular flexibility index (Phi) is 5.65. The SMILES string of the molecule is CC.CN1CCC(C)(C(=O)OC(C)(C)C)CC1C1CC1. The molecule has 20 heavy (non-hydrogen) atoms. The van der Waals surface area contributed by atoms with Crippen LogP contribution in [0, 0.1) is 11.3 Å². The molecule has 2 fully saturated rings. The third-order valence-corrected chi connectivity index (χ3v) is 4.30. The van der Waals surface area contributed by atoms with Crippen LogP contribution in [0.3, 0.4) is 0 Å². The van der Waals surface area contributed by atoms with E-state index < -0.39 is 0 Å². The summed E-state index contributed by atoms with van der Waals surface area (Å²) in [5.74, 6) is 0.811. The first-order valence-electron chi connectivity index (χ1n) is 8.15. The van der Waals surface area contributed by atoms with Crippen molar-refractivity contribution in [3.8, 4) is 0 Å². The zero-order chi connectivity index (χ0) is 15.6. The summed E-state index contributed by atoms with van der Waals surface area (Å²) in [7, 11) is 2.19. The number of nitrogens with zero attached hydrogens (tertiary/aromatic N) is 1. The Bertz CT molecular complexity index is 330. The summed E-state index contributed by atoms with van der Waals surface area (Å²) in [4.78, 5) is 14.8. The van der Waals surface area contributed by atoms with Crippen LogP contribution in [0.4, 0.5) is 0 Å². The molecule has 1 saturated carbocycles. The molecule has 2 aliphatic rings. The fourth-order valence-electron chi connectivity index (χ4n) is 2.90. The van der Waals surface area contributed by atoms with Gasteiger partial charge in [0.25, 0.3) is 0 Å². The highest BCUT2D eigenvalue weighted by atomic mass is 16.6. The van der Waals surface area contributed by atoms with Gasteiger partial charge in [0, 0.05) is 6.04 Å². The highest BCUT2D eigenvalue weighted by Gasteiger charge is 2.47. The molecule has 0 spiro atoms. The lowest BCUT2D eigenvalue weighted by Gasteiger charge is -2.43. The van der Waals surface area contributed by atoms with Gasteiger partial charge in [-0.15, -0.1) is 0 Å². The van der Waals surface area contributed by atoms with E-state index in [1.54, 1.807) is 0 Å². The molecule has 1 aliphatic heterocycles.